The van der Waals surface area contributed by atoms with Crippen molar-refractivity contribution in [2.24, 2.45) is 0 Å². The predicted molar refractivity (Wildman–Crippen MR) is 182 cm³/mol. The number of rotatable bonds is 5. The van der Waals surface area contributed by atoms with Crippen LogP contribution in [-0.4, -0.2) is 15.0 Å². The molecule has 0 unspecified atom stereocenters. The van der Waals surface area contributed by atoms with E-state index >= 15 is 0 Å². The molecule has 0 aliphatic heterocycles. The van der Waals surface area contributed by atoms with Gasteiger partial charge in [0.05, 0.1) is 0 Å². The highest BCUT2D eigenvalue weighted by Gasteiger charge is 2.26. The fraction of sp³-hybridized carbons (Fsp3) is 0.0488. The summed E-state index contributed by atoms with van der Waals surface area (Å²) in [4.78, 5) is 15.0. The number of aromatic nitrogens is 3. The zero-order valence-electron chi connectivity index (χ0n) is 23.5. The van der Waals surface area contributed by atoms with Gasteiger partial charge in [0, 0.05) is 23.1 Å². The van der Waals surface area contributed by atoms with Crippen LogP contribution in [0.2, 0.25) is 0 Å². The molecular weight excluding hydrogens is 534 g/mol. The van der Waals surface area contributed by atoms with Gasteiger partial charge in [0.25, 0.3) is 0 Å². The molecular formula is C41H31N3. The summed E-state index contributed by atoms with van der Waals surface area (Å²) in [7, 11) is 0. The molecule has 0 N–H and O–H groups in total. The average molecular weight is 566 g/mol. The van der Waals surface area contributed by atoms with Crippen molar-refractivity contribution in [3.05, 3.63) is 163 Å². The molecule has 210 valence electrons. The monoisotopic (exact) mass is 565 g/mol. The van der Waals surface area contributed by atoms with Crippen LogP contribution in [0.15, 0.2) is 152 Å². The molecule has 1 aliphatic carbocycles. The topological polar surface area (TPSA) is 38.7 Å². The van der Waals surface area contributed by atoms with Crippen LogP contribution in [-0.2, 0) is 6.42 Å². The van der Waals surface area contributed by atoms with Crippen LogP contribution in [0.5, 0.6) is 0 Å². The van der Waals surface area contributed by atoms with Gasteiger partial charge in [0.15, 0.2) is 17.5 Å². The van der Waals surface area contributed by atoms with Crippen molar-refractivity contribution in [2.45, 2.75) is 13.8 Å². The first-order chi connectivity index (χ1) is 21.3. The number of fused-ring (bicyclic) bond motifs is 3. The van der Waals surface area contributed by atoms with Crippen molar-refractivity contribution in [1.29, 1.82) is 0 Å². The van der Waals surface area contributed by atoms with Crippen LogP contribution in [0.25, 0.3) is 67.5 Å². The maximum Gasteiger partial charge on any atom is 0.164 e. The van der Waals surface area contributed by atoms with E-state index in [1.165, 1.54) is 44.5 Å². The molecule has 0 atom stereocenters. The zero-order chi connectivity index (χ0) is 28.6. The molecule has 0 amide bonds. The highest BCUT2D eigenvalue weighted by molar-refractivity contribution is 5.89. The van der Waals surface area contributed by atoms with Gasteiger partial charge in [-0.15, -0.1) is 0 Å². The van der Waals surface area contributed by atoms with Gasteiger partial charge in [-0.05, 0) is 50.6 Å². The third-order valence-corrected chi connectivity index (χ3v) is 8.22. The standard InChI is InChI=1S/C40H27N3.CH4/c1-4-13-27(14-5-1)30-19-10-20-31(25-30)32-21-11-22-33-34-23-12-24-35(37(34)26-36(32)33)40-42-38(28-15-6-2-7-16-28)41-39(43-40)29-17-8-3-9-18-29;/h1-25H,26H2;1H4. The lowest BCUT2D eigenvalue weighted by Gasteiger charge is -2.11. The molecule has 1 heterocycles. The van der Waals surface area contributed by atoms with Gasteiger partial charge in [-0.3, -0.25) is 0 Å². The van der Waals surface area contributed by atoms with E-state index in [-0.39, 0.29) is 7.43 Å². The Kier molecular flexibility index (Phi) is 7.13. The first kappa shape index (κ1) is 27.2. The molecule has 3 heteroatoms. The van der Waals surface area contributed by atoms with Gasteiger partial charge in [0.1, 0.15) is 0 Å². The summed E-state index contributed by atoms with van der Waals surface area (Å²) < 4.78 is 0. The minimum atomic E-state index is 0. The Hall–Kier alpha value is -5.67. The maximum atomic E-state index is 5.04. The lowest BCUT2D eigenvalue weighted by Crippen LogP contribution is -2.01. The van der Waals surface area contributed by atoms with Gasteiger partial charge in [-0.1, -0.05) is 153 Å². The van der Waals surface area contributed by atoms with Crippen LogP contribution in [0.4, 0.5) is 0 Å². The highest BCUT2D eigenvalue weighted by atomic mass is 15.0. The summed E-state index contributed by atoms with van der Waals surface area (Å²) in [6.07, 6.45) is 0.819. The first-order valence-corrected chi connectivity index (χ1v) is 14.6. The molecule has 1 aromatic heterocycles. The second kappa shape index (κ2) is 11.5. The quantitative estimate of drug-likeness (QED) is 0.208. The fourth-order valence-electron chi connectivity index (χ4n) is 6.14. The van der Waals surface area contributed by atoms with E-state index in [1.807, 2.05) is 36.4 Å². The van der Waals surface area contributed by atoms with Crippen molar-refractivity contribution in [2.75, 3.05) is 0 Å². The molecule has 44 heavy (non-hydrogen) atoms. The Morgan fingerprint density at radius 1 is 0.318 bits per heavy atom. The molecule has 0 bridgehead atoms. The molecule has 0 saturated heterocycles. The van der Waals surface area contributed by atoms with Gasteiger partial charge in [-0.2, -0.15) is 0 Å². The van der Waals surface area contributed by atoms with E-state index in [2.05, 4.69) is 115 Å². The SMILES string of the molecule is C.c1ccc(-c2cccc(-c3cccc4c3Cc3c(-c5nc(-c6ccccc6)nc(-c6ccccc6)n5)cccc3-4)c2)cc1. The van der Waals surface area contributed by atoms with Crippen LogP contribution in [0.1, 0.15) is 18.6 Å². The molecule has 0 radical (unpaired) electrons. The Morgan fingerprint density at radius 2 is 0.727 bits per heavy atom. The van der Waals surface area contributed by atoms with E-state index in [0.717, 1.165) is 23.1 Å². The summed E-state index contributed by atoms with van der Waals surface area (Å²) in [6.45, 7) is 0. The predicted octanol–water partition coefficient (Wildman–Crippen LogP) is 10.4. The summed E-state index contributed by atoms with van der Waals surface area (Å²) in [5.74, 6) is 2.05. The number of nitrogens with zero attached hydrogens (tertiary/aromatic N) is 3. The Bertz CT molecular complexity index is 2030. The van der Waals surface area contributed by atoms with Crippen LogP contribution >= 0.6 is 0 Å². The van der Waals surface area contributed by atoms with Gasteiger partial charge < -0.3 is 0 Å². The van der Waals surface area contributed by atoms with Gasteiger partial charge in [0.2, 0.25) is 0 Å². The van der Waals surface area contributed by atoms with Crippen molar-refractivity contribution < 1.29 is 0 Å². The van der Waals surface area contributed by atoms with Crippen molar-refractivity contribution in [1.82, 2.24) is 15.0 Å². The fourth-order valence-corrected chi connectivity index (χ4v) is 6.14. The van der Waals surface area contributed by atoms with Crippen molar-refractivity contribution in [3.8, 4) is 67.5 Å². The Labute approximate surface area is 258 Å². The van der Waals surface area contributed by atoms with E-state index < -0.39 is 0 Å². The Morgan fingerprint density at radius 3 is 1.32 bits per heavy atom. The molecule has 0 fully saturated rings. The number of benzene rings is 6. The molecule has 0 spiro atoms. The summed E-state index contributed by atoms with van der Waals surface area (Å²) in [6, 6.07) is 52.9. The Balaban J connectivity index is 0.00000312. The molecule has 8 rings (SSSR count). The maximum absolute atomic E-state index is 5.04. The van der Waals surface area contributed by atoms with Gasteiger partial charge >= 0.3 is 0 Å². The molecule has 7 aromatic rings. The summed E-state index contributed by atoms with van der Waals surface area (Å²) in [5.41, 5.74) is 13.1. The van der Waals surface area contributed by atoms with Crippen LogP contribution in [0, 0.1) is 0 Å². The summed E-state index contributed by atoms with van der Waals surface area (Å²) in [5, 5.41) is 0. The lowest BCUT2D eigenvalue weighted by atomic mass is 9.93. The number of hydrogen-bond acceptors (Lipinski definition) is 3. The van der Waals surface area contributed by atoms with E-state index in [9.17, 15) is 0 Å². The second-order valence-corrected chi connectivity index (χ2v) is 10.8. The smallest absolute Gasteiger partial charge is 0.164 e. The molecule has 1 aliphatic rings. The van der Waals surface area contributed by atoms with Crippen molar-refractivity contribution >= 4 is 0 Å². The van der Waals surface area contributed by atoms with Gasteiger partial charge in [-0.25, -0.2) is 15.0 Å². The normalized spacial score (nSPS) is 11.4. The van der Waals surface area contributed by atoms with E-state index in [1.54, 1.807) is 0 Å². The van der Waals surface area contributed by atoms with E-state index in [0.29, 0.717) is 17.5 Å². The first-order valence-electron chi connectivity index (χ1n) is 14.6. The van der Waals surface area contributed by atoms with E-state index in [4.69, 9.17) is 15.0 Å². The number of hydrogen-bond donors (Lipinski definition) is 0. The lowest BCUT2D eigenvalue weighted by molar-refractivity contribution is 1.07. The average Bonchev–Trinajstić information content (AvgIpc) is 3.48. The van der Waals surface area contributed by atoms with Crippen molar-refractivity contribution in [3.63, 3.8) is 0 Å². The third kappa shape index (κ3) is 4.89. The largest absolute Gasteiger partial charge is 0.208 e. The molecule has 6 aromatic carbocycles. The molecule has 3 nitrogen and oxygen atoms in total. The minimum Gasteiger partial charge on any atom is -0.208 e. The summed E-state index contributed by atoms with van der Waals surface area (Å²) >= 11 is 0. The minimum absolute atomic E-state index is 0. The third-order valence-electron chi connectivity index (χ3n) is 8.22. The zero-order valence-corrected chi connectivity index (χ0v) is 23.5. The highest BCUT2D eigenvalue weighted by Crippen LogP contribution is 2.45. The van der Waals surface area contributed by atoms with Crippen LogP contribution < -0.4 is 0 Å². The second-order valence-electron chi connectivity index (χ2n) is 10.8. The van der Waals surface area contributed by atoms with Crippen LogP contribution in [0.3, 0.4) is 0 Å². The molecule has 0 saturated carbocycles.